The summed E-state index contributed by atoms with van der Waals surface area (Å²) in [6.07, 6.45) is 0.987. The van der Waals surface area contributed by atoms with Gasteiger partial charge >= 0.3 is 0 Å². The van der Waals surface area contributed by atoms with Crippen molar-refractivity contribution < 1.29 is 4.39 Å². The molecule has 5 heteroatoms. The Hall–Kier alpha value is -0.230. The number of nitrogens with one attached hydrogen (secondary N) is 1. The van der Waals surface area contributed by atoms with E-state index in [4.69, 9.17) is 0 Å². The van der Waals surface area contributed by atoms with Crippen molar-refractivity contribution in [3.63, 3.8) is 0 Å². The number of hydrogen-bond acceptors (Lipinski definition) is 1. The Kier molecular flexibility index (Phi) is 6.41. The average Bonchev–Trinajstić information content (AvgIpc) is 2.42. The first-order valence-electron chi connectivity index (χ1n) is 6.66. The van der Waals surface area contributed by atoms with Gasteiger partial charge in [0.05, 0.1) is 10.5 Å². The van der Waals surface area contributed by atoms with Gasteiger partial charge in [-0.25, -0.2) is 4.39 Å². The zero-order valence-electron chi connectivity index (χ0n) is 11.5. The highest BCUT2D eigenvalue weighted by atomic mass is 79.9. The molecule has 0 saturated heterocycles. The molecule has 0 heterocycles. The molecule has 0 saturated carbocycles. The molecular formula is C16H15Br3FN. The molecule has 1 atom stereocenters. The summed E-state index contributed by atoms with van der Waals surface area (Å²) in [5.41, 5.74) is 1.66. The van der Waals surface area contributed by atoms with E-state index in [9.17, 15) is 4.39 Å². The van der Waals surface area contributed by atoms with Gasteiger partial charge in [-0.1, -0.05) is 50.9 Å². The lowest BCUT2D eigenvalue weighted by atomic mass is 9.98. The van der Waals surface area contributed by atoms with E-state index in [0.29, 0.717) is 10.0 Å². The molecule has 0 aliphatic rings. The van der Waals surface area contributed by atoms with Crippen molar-refractivity contribution >= 4 is 47.8 Å². The van der Waals surface area contributed by atoms with Crippen molar-refractivity contribution in [1.29, 1.82) is 0 Å². The molecule has 0 aromatic heterocycles. The lowest BCUT2D eigenvalue weighted by Gasteiger charge is -2.21. The number of hydrogen-bond donors (Lipinski definition) is 1. The first-order chi connectivity index (χ1) is 10.0. The molecule has 0 aliphatic heterocycles. The standard InChI is InChI=1S/C16H15Br3FN/c1-2-6-21-16(10-7-11(17)9-12(18)8-10)13-4-3-5-14(19)15(13)20/h3-5,7-9,16,21H,2,6H2,1H3. The summed E-state index contributed by atoms with van der Waals surface area (Å²) in [7, 11) is 0. The third-order valence-corrected chi connectivity index (χ3v) is 4.64. The van der Waals surface area contributed by atoms with Crippen LogP contribution >= 0.6 is 47.8 Å². The molecule has 0 spiro atoms. The predicted molar refractivity (Wildman–Crippen MR) is 96.1 cm³/mol. The second kappa shape index (κ2) is 7.86. The Morgan fingerprint density at radius 1 is 1.10 bits per heavy atom. The largest absolute Gasteiger partial charge is 0.306 e. The summed E-state index contributed by atoms with van der Waals surface area (Å²) in [4.78, 5) is 0. The van der Waals surface area contributed by atoms with Crippen LogP contribution in [0.5, 0.6) is 0 Å². The number of benzene rings is 2. The van der Waals surface area contributed by atoms with E-state index in [1.54, 1.807) is 6.07 Å². The Morgan fingerprint density at radius 3 is 2.38 bits per heavy atom. The maximum Gasteiger partial charge on any atom is 0.142 e. The van der Waals surface area contributed by atoms with Crippen LogP contribution in [0.1, 0.15) is 30.5 Å². The van der Waals surface area contributed by atoms with E-state index in [-0.39, 0.29) is 11.9 Å². The first-order valence-corrected chi connectivity index (χ1v) is 9.04. The minimum Gasteiger partial charge on any atom is -0.306 e. The zero-order valence-corrected chi connectivity index (χ0v) is 16.2. The highest BCUT2D eigenvalue weighted by molar-refractivity contribution is 9.11. The fourth-order valence-corrected chi connectivity index (χ4v) is 3.89. The molecule has 0 radical (unpaired) electrons. The topological polar surface area (TPSA) is 12.0 Å². The van der Waals surface area contributed by atoms with Gasteiger partial charge in [-0.2, -0.15) is 0 Å². The summed E-state index contributed by atoms with van der Waals surface area (Å²) in [6.45, 7) is 2.92. The van der Waals surface area contributed by atoms with Crippen molar-refractivity contribution in [1.82, 2.24) is 5.32 Å². The van der Waals surface area contributed by atoms with E-state index in [0.717, 1.165) is 27.5 Å². The van der Waals surface area contributed by atoms with Crippen LogP contribution in [0.15, 0.2) is 49.8 Å². The molecule has 0 aliphatic carbocycles. The van der Waals surface area contributed by atoms with Gasteiger partial charge in [0.1, 0.15) is 5.82 Å². The van der Waals surface area contributed by atoms with Crippen LogP contribution in [-0.4, -0.2) is 6.54 Å². The highest BCUT2D eigenvalue weighted by Crippen LogP contribution is 2.31. The Balaban J connectivity index is 2.49. The minimum atomic E-state index is -0.220. The quantitative estimate of drug-likeness (QED) is 0.538. The van der Waals surface area contributed by atoms with Crippen LogP contribution < -0.4 is 5.32 Å². The van der Waals surface area contributed by atoms with Gasteiger partial charge in [-0.3, -0.25) is 0 Å². The SMILES string of the molecule is CCCNC(c1cc(Br)cc(Br)c1)c1cccc(Br)c1F. The molecule has 0 amide bonds. The van der Waals surface area contributed by atoms with Crippen LogP contribution in [0.3, 0.4) is 0 Å². The number of halogens is 4. The Morgan fingerprint density at radius 2 is 1.76 bits per heavy atom. The molecule has 1 unspecified atom stereocenters. The molecule has 1 nitrogen and oxygen atoms in total. The fourth-order valence-electron chi connectivity index (χ4n) is 2.18. The van der Waals surface area contributed by atoms with Crippen LogP contribution in [-0.2, 0) is 0 Å². The van der Waals surface area contributed by atoms with Crippen LogP contribution in [0.2, 0.25) is 0 Å². The highest BCUT2D eigenvalue weighted by Gasteiger charge is 2.19. The zero-order chi connectivity index (χ0) is 15.4. The van der Waals surface area contributed by atoms with Gasteiger partial charge in [0.2, 0.25) is 0 Å². The lowest BCUT2D eigenvalue weighted by Crippen LogP contribution is -2.24. The Labute approximate surface area is 149 Å². The van der Waals surface area contributed by atoms with Crippen LogP contribution in [0.4, 0.5) is 4.39 Å². The molecule has 2 aromatic carbocycles. The maximum absolute atomic E-state index is 14.5. The van der Waals surface area contributed by atoms with E-state index in [1.807, 2.05) is 30.3 Å². The van der Waals surface area contributed by atoms with Gasteiger partial charge in [-0.05, 0) is 58.7 Å². The number of rotatable bonds is 5. The molecule has 112 valence electrons. The minimum absolute atomic E-state index is 0.184. The second-order valence-electron chi connectivity index (χ2n) is 4.73. The van der Waals surface area contributed by atoms with E-state index in [1.165, 1.54) is 0 Å². The summed E-state index contributed by atoms with van der Waals surface area (Å²) >= 11 is 10.3. The summed E-state index contributed by atoms with van der Waals surface area (Å²) < 4.78 is 16.9. The second-order valence-corrected chi connectivity index (χ2v) is 7.42. The summed E-state index contributed by atoms with van der Waals surface area (Å²) in [6, 6.07) is 11.2. The maximum atomic E-state index is 14.5. The van der Waals surface area contributed by atoms with Gasteiger partial charge in [0.25, 0.3) is 0 Å². The molecule has 2 aromatic rings. The van der Waals surface area contributed by atoms with Crippen LogP contribution in [0.25, 0.3) is 0 Å². The predicted octanol–water partition coefficient (Wildman–Crippen LogP) is 6.20. The molecule has 0 fully saturated rings. The van der Waals surface area contributed by atoms with Crippen molar-refractivity contribution in [3.8, 4) is 0 Å². The van der Waals surface area contributed by atoms with E-state index in [2.05, 4.69) is 60.0 Å². The monoisotopic (exact) mass is 477 g/mol. The van der Waals surface area contributed by atoms with E-state index < -0.39 is 0 Å². The fraction of sp³-hybridized carbons (Fsp3) is 0.250. The molecule has 21 heavy (non-hydrogen) atoms. The molecule has 1 N–H and O–H groups in total. The van der Waals surface area contributed by atoms with Gasteiger partial charge < -0.3 is 5.32 Å². The van der Waals surface area contributed by atoms with Crippen molar-refractivity contribution in [2.75, 3.05) is 6.54 Å². The van der Waals surface area contributed by atoms with Crippen molar-refractivity contribution in [2.24, 2.45) is 0 Å². The molecular weight excluding hydrogens is 465 g/mol. The van der Waals surface area contributed by atoms with Crippen molar-refractivity contribution in [3.05, 3.63) is 66.8 Å². The molecule has 2 rings (SSSR count). The molecule has 0 bridgehead atoms. The summed E-state index contributed by atoms with van der Waals surface area (Å²) in [5.74, 6) is -0.220. The van der Waals surface area contributed by atoms with Crippen molar-refractivity contribution in [2.45, 2.75) is 19.4 Å². The smallest absolute Gasteiger partial charge is 0.142 e. The van der Waals surface area contributed by atoms with Gasteiger partial charge in [0, 0.05) is 14.5 Å². The normalized spacial score (nSPS) is 12.4. The summed E-state index contributed by atoms with van der Waals surface area (Å²) in [5, 5.41) is 3.42. The van der Waals surface area contributed by atoms with Gasteiger partial charge in [-0.15, -0.1) is 0 Å². The van der Waals surface area contributed by atoms with Gasteiger partial charge in [0.15, 0.2) is 0 Å². The third-order valence-electron chi connectivity index (χ3n) is 3.11. The lowest BCUT2D eigenvalue weighted by molar-refractivity contribution is 0.543. The van der Waals surface area contributed by atoms with E-state index >= 15 is 0 Å². The van der Waals surface area contributed by atoms with Crippen LogP contribution in [0, 0.1) is 5.82 Å². The average molecular weight is 480 g/mol. The third kappa shape index (κ3) is 4.38. The first kappa shape index (κ1) is 17.1. The Bertz CT molecular complexity index is 611.